The minimum Gasteiger partial charge on any atom is -0.295 e. The molecule has 2 rings (SSSR count). The van der Waals surface area contributed by atoms with Gasteiger partial charge in [-0.05, 0) is 88.4 Å². The zero-order valence-corrected chi connectivity index (χ0v) is 17.6. The van der Waals surface area contributed by atoms with E-state index in [1.807, 2.05) is 19.9 Å². The molecule has 2 aliphatic carbocycles. The van der Waals surface area contributed by atoms with E-state index in [-0.39, 0.29) is 22.4 Å². The van der Waals surface area contributed by atoms with Crippen LogP contribution in [-0.4, -0.2) is 11.6 Å². The Hall–Kier alpha value is -1.70. The fraction of sp³-hybridized carbons (Fsp3) is 0.583. The summed E-state index contributed by atoms with van der Waals surface area (Å²) in [6.07, 6.45) is 10.8. The van der Waals surface area contributed by atoms with Crippen molar-refractivity contribution in [1.29, 1.82) is 0 Å². The summed E-state index contributed by atoms with van der Waals surface area (Å²) in [5, 5.41) is 0. The Bertz CT molecular complexity index is 736. The van der Waals surface area contributed by atoms with Crippen molar-refractivity contribution in [2.45, 2.75) is 80.6 Å². The average molecular weight is 355 g/mol. The summed E-state index contributed by atoms with van der Waals surface area (Å²) >= 11 is 0. The lowest BCUT2D eigenvalue weighted by Gasteiger charge is -2.37. The van der Waals surface area contributed by atoms with Crippen LogP contribution in [0.1, 0.15) is 80.6 Å². The van der Waals surface area contributed by atoms with Gasteiger partial charge in [0.15, 0.2) is 11.6 Å². The van der Waals surface area contributed by atoms with Crippen molar-refractivity contribution in [1.82, 2.24) is 0 Å². The molecule has 0 aromatic heterocycles. The third-order valence-corrected chi connectivity index (χ3v) is 5.63. The van der Waals surface area contributed by atoms with E-state index in [2.05, 4.69) is 33.8 Å². The van der Waals surface area contributed by atoms with E-state index in [4.69, 9.17) is 0 Å². The first-order valence-electron chi connectivity index (χ1n) is 9.72. The fourth-order valence-electron chi connectivity index (χ4n) is 5.02. The standard InChI is InChI=1S/C24H34O2/c1-16(2)22-21(26)12-19(14-23(22,5)6)8-9-24(7)13-17(3)10-20(15-24)11-18(4)25/h10-12H,8-9,13-15H2,1-7H3/b20-11-. The number of hydrogen-bond acceptors (Lipinski definition) is 2. The molecule has 1 unspecified atom stereocenters. The van der Waals surface area contributed by atoms with Crippen LogP contribution in [0.5, 0.6) is 0 Å². The highest BCUT2D eigenvalue weighted by molar-refractivity contribution is 6.06. The zero-order chi connectivity index (χ0) is 19.7. The Morgan fingerprint density at radius 2 is 1.73 bits per heavy atom. The summed E-state index contributed by atoms with van der Waals surface area (Å²) in [6.45, 7) is 14.5. The summed E-state index contributed by atoms with van der Waals surface area (Å²) in [5.74, 6) is 0.308. The molecule has 0 amide bonds. The molecule has 0 saturated heterocycles. The highest BCUT2D eigenvalue weighted by Crippen LogP contribution is 2.45. The molecule has 142 valence electrons. The molecule has 2 aliphatic rings. The second-order valence-electron chi connectivity index (χ2n) is 9.59. The van der Waals surface area contributed by atoms with Gasteiger partial charge >= 0.3 is 0 Å². The quantitative estimate of drug-likeness (QED) is 0.556. The molecule has 0 aromatic rings. The predicted molar refractivity (Wildman–Crippen MR) is 109 cm³/mol. The van der Waals surface area contributed by atoms with Crippen LogP contribution in [0.3, 0.4) is 0 Å². The van der Waals surface area contributed by atoms with Crippen LogP contribution in [0.4, 0.5) is 0 Å². The number of rotatable bonds is 4. The van der Waals surface area contributed by atoms with E-state index >= 15 is 0 Å². The summed E-state index contributed by atoms with van der Waals surface area (Å²) < 4.78 is 0. The van der Waals surface area contributed by atoms with E-state index < -0.39 is 0 Å². The Balaban J connectivity index is 2.15. The van der Waals surface area contributed by atoms with Crippen molar-refractivity contribution in [2.75, 3.05) is 0 Å². The molecule has 2 nitrogen and oxygen atoms in total. The Morgan fingerprint density at radius 1 is 1.08 bits per heavy atom. The van der Waals surface area contributed by atoms with E-state index in [9.17, 15) is 9.59 Å². The van der Waals surface area contributed by atoms with Gasteiger partial charge in [-0.3, -0.25) is 9.59 Å². The van der Waals surface area contributed by atoms with Crippen LogP contribution in [0, 0.1) is 10.8 Å². The van der Waals surface area contributed by atoms with Gasteiger partial charge < -0.3 is 0 Å². The third-order valence-electron chi connectivity index (χ3n) is 5.63. The Labute approximate surface area is 159 Å². The number of hydrogen-bond donors (Lipinski definition) is 0. The lowest BCUT2D eigenvalue weighted by Crippen LogP contribution is -2.28. The molecular weight excluding hydrogens is 320 g/mol. The molecule has 0 aromatic carbocycles. The summed E-state index contributed by atoms with van der Waals surface area (Å²) in [4.78, 5) is 24.1. The second kappa shape index (κ2) is 7.50. The van der Waals surface area contributed by atoms with Crippen molar-refractivity contribution >= 4 is 11.6 Å². The molecule has 0 radical (unpaired) electrons. The van der Waals surface area contributed by atoms with Crippen LogP contribution in [0.25, 0.3) is 0 Å². The van der Waals surface area contributed by atoms with Crippen LogP contribution in [0.15, 0.2) is 46.1 Å². The molecule has 0 heterocycles. The molecule has 0 aliphatic heterocycles. The topological polar surface area (TPSA) is 34.1 Å². The molecule has 1 atom stereocenters. The van der Waals surface area contributed by atoms with Crippen LogP contribution in [-0.2, 0) is 9.59 Å². The first-order chi connectivity index (χ1) is 11.9. The molecule has 0 spiro atoms. The van der Waals surface area contributed by atoms with Crippen LogP contribution in [0.2, 0.25) is 0 Å². The van der Waals surface area contributed by atoms with Crippen molar-refractivity contribution in [3.05, 3.63) is 46.1 Å². The molecule has 0 fully saturated rings. The van der Waals surface area contributed by atoms with Gasteiger partial charge in [0.2, 0.25) is 0 Å². The highest BCUT2D eigenvalue weighted by Gasteiger charge is 2.35. The predicted octanol–water partition coefficient (Wildman–Crippen LogP) is 6.29. The van der Waals surface area contributed by atoms with E-state index in [0.717, 1.165) is 48.8 Å². The molecule has 0 saturated carbocycles. The van der Waals surface area contributed by atoms with Gasteiger partial charge in [0.1, 0.15) is 0 Å². The Morgan fingerprint density at radius 3 is 2.27 bits per heavy atom. The summed E-state index contributed by atoms with van der Waals surface area (Å²) in [6, 6.07) is 0. The molecule has 2 heteroatoms. The van der Waals surface area contributed by atoms with Crippen LogP contribution < -0.4 is 0 Å². The molecule has 0 bridgehead atoms. The largest absolute Gasteiger partial charge is 0.295 e. The number of ketones is 2. The average Bonchev–Trinajstić information content (AvgIpc) is 2.41. The first-order valence-corrected chi connectivity index (χ1v) is 9.72. The highest BCUT2D eigenvalue weighted by atomic mass is 16.1. The van der Waals surface area contributed by atoms with E-state index in [0.29, 0.717) is 0 Å². The maximum atomic E-state index is 12.6. The van der Waals surface area contributed by atoms with Gasteiger partial charge in [-0.25, -0.2) is 0 Å². The van der Waals surface area contributed by atoms with Crippen molar-refractivity contribution in [2.24, 2.45) is 10.8 Å². The van der Waals surface area contributed by atoms with E-state index in [1.165, 1.54) is 11.1 Å². The number of carbonyl (C=O) groups excluding carboxylic acids is 2. The lowest BCUT2D eigenvalue weighted by atomic mass is 9.67. The van der Waals surface area contributed by atoms with Crippen LogP contribution >= 0.6 is 0 Å². The minimum atomic E-state index is -0.0804. The Kier molecular flexibility index (Phi) is 5.95. The SMILES string of the molecule is CC(=O)/C=C1/C=C(C)CC(C)(CCC2=CC(=O)C(=C(C)C)C(C)(C)C2)C1. The van der Waals surface area contributed by atoms with Crippen molar-refractivity contribution in [3.8, 4) is 0 Å². The van der Waals surface area contributed by atoms with Gasteiger partial charge in [0.25, 0.3) is 0 Å². The normalized spacial score (nSPS) is 27.3. The van der Waals surface area contributed by atoms with Gasteiger partial charge in [-0.1, -0.05) is 43.6 Å². The number of allylic oxidation sites excluding steroid dienone is 8. The van der Waals surface area contributed by atoms with Gasteiger partial charge in [-0.15, -0.1) is 0 Å². The first kappa shape index (κ1) is 20.6. The van der Waals surface area contributed by atoms with Gasteiger partial charge in [0.05, 0.1) is 0 Å². The molecule has 26 heavy (non-hydrogen) atoms. The number of carbonyl (C=O) groups is 2. The zero-order valence-electron chi connectivity index (χ0n) is 17.6. The third kappa shape index (κ3) is 4.93. The second-order valence-corrected chi connectivity index (χ2v) is 9.59. The summed E-state index contributed by atoms with van der Waals surface area (Å²) in [5.41, 5.74) is 5.95. The summed E-state index contributed by atoms with van der Waals surface area (Å²) in [7, 11) is 0. The minimum absolute atomic E-state index is 0.0804. The van der Waals surface area contributed by atoms with Gasteiger partial charge in [0, 0.05) is 5.57 Å². The van der Waals surface area contributed by atoms with E-state index in [1.54, 1.807) is 13.0 Å². The lowest BCUT2D eigenvalue weighted by molar-refractivity contribution is -0.113. The van der Waals surface area contributed by atoms with Crippen molar-refractivity contribution in [3.63, 3.8) is 0 Å². The maximum Gasteiger partial charge on any atom is 0.182 e. The van der Waals surface area contributed by atoms with Crippen molar-refractivity contribution < 1.29 is 9.59 Å². The van der Waals surface area contributed by atoms with Gasteiger partial charge in [-0.2, -0.15) is 0 Å². The fourth-order valence-corrected chi connectivity index (χ4v) is 5.02. The monoisotopic (exact) mass is 354 g/mol. The molecular formula is C24H34O2. The maximum absolute atomic E-state index is 12.6. The smallest absolute Gasteiger partial charge is 0.182 e. The molecule has 0 N–H and O–H groups in total.